The zero-order valence-electron chi connectivity index (χ0n) is 18.1. The largest absolute Gasteiger partial charge is 0.450 e. The Hall–Kier alpha value is -4.60. The number of benzene rings is 2. The lowest BCUT2D eigenvalue weighted by Gasteiger charge is -2.08. The second-order valence-corrected chi connectivity index (χ2v) is 7.56. The summed E-state index contributed by atoms with van der Waals surface area (Å²) in [5.74, 6) is -0.229. The van der Waals surface area contributed by atoms with E-state index >= 15 is 0 Å². The molecule has 5 aromatic rings. The van der Waals surface area contributed by atoms with Crippen molar-refractivity contribution in [3.8, 4) is 11.1 Å². The molecule has 0 aliphatic rings. The quantitative estimate of drug-likeness (QED) is 0.363. The minimum atomic E-state index is -0.635. The summed E-state index contributed by atoms with van der Waals surface area (Å²) in [7, 11) is 0. The lowest BCUT2D eigenvalue weighted by Crippen LogP contribution is -2.14. The lowest BCUT2D eigenvalue weighted by molar-refractivity contribution is 0.167. The molecule has 0 unspecified atom stereocenters. The van der Waals surface area contributed by atoms with Crippen molar-refractivity contribution in [3.63, 3.8) is 0 Å². The van der Waals surface area contributed by atoms with Crippen molar-refractivity contribution in [2.75, 3.05) is 11.9 Å². The summed E-state index contributed by atoms with van der Waals surface area (Å²) >= 11 is 0. The SMILES string of the molecule is CCOC(=O)Nc1nc2cc(-c3cc(Cc4n[nH]c(=O)c5ccccc45)ccc3F)cnc2[nH]1. The first-order chi connectivity index (χ1) is 16.5. The number of hydrogen-bond acceptors (Lipinski definition) is 6. The molecule has 3 aromatic heterocycles. The molecular weight excluding hydrogens is 439 g/mol. The number of halogens is 1. The van der Waals surface area contributed by atoms with Crippen LogP contribution in [0.25, 0.3) is 33.1 Å². The van der Waals surface area contributed by atoms with Crippen LogP contribution in [0.1, 0.15) is 18.2 Å². The van der Waals surface area contributed by atoms with E-state index in [1.54, 1.807) is 37.3 Å². The van der Waals surface area contributed by atoms with Crippen molar-refractivity contribution in [2.45, 2.75) is 13.3 Å². The Morgan fingerprint density at radius 1 is 1.15 bits per heavy atom. The van der Waals surface area contributed by atoms with E-state index in [1.165, 1.54) is 12.3 Å². The summed E-state index contributed by atoms with van der Waals surface area (Å²) in [6, 6.07) is 13.7. The van der Waals surface area contributed by atoms with Crippen molar-refractivity contribution < 1.29 is 13.9 Å². The molecule has 5 rings (SSSR count). The first-order valence-electron chi connectivity index (χ1n) is 10.6. The second-order valence-electron chi connectivity index (χ2n) is 7.56. The number of fused-ring (bicyclic) bond motifs is 2. The normalized spacial score (nSPS) is 11.1. The van der Waals surface area contributed by atoms with Crippen LogP contribution < -0.4 is 10.9 Å². The minimum absolute atomic E-state index is 0.184. The Labute approximate surface area is 192 Å². The summed E-state index contributed by atoms with van der Waals surface area (Å²) < 4.78 is 19.6. The van der Waals surface area contributed by atoms with Gasteiger partial charge in [0.15, 0.2) is 5.65 Å². The number of rotatable bonds is 5. The molecule has 9 nitrogen and oxygen atoms in total. The van der Waals surface area contributed by atoms with Crippen molar-refractivity contribution in [1.82, 2.24) is 25.1 Å². The average molecular weight is 458 g/mol. The van der Waals surface area contributed by atoms with Gasteiger partial charge in [0.2, 0.25) is 5.95 Å². The summed E-state index contributed by atoms with van der Waals surface area (Å²) in [6.45, 7) is 1.93. The molecule has 0 fully saturated rings. The molecule has 3 heterocycles. The van der Waals surface area contributed by atoms with E-state index in [9.17, 15) is 14.0 Å². The third-order valence-electron chi connectivity index (χ3n) is 5.32. The van der Waals surface area contributed by atoms with Crippen LogP contribution >= 0.6 is 0 Å². The van der Waals surface area contributed by atoms with E-state index < -0.39 is 11.9 Å². The number of imidazole rings is 1. The number of amides is 1. The lowest BCUT2D eigenvalue weighted by atomic mass is 9.99. The molecule has 0 radical (unpaired) electrons. The maximum atomic E-state index is 14.8. The van der Waals surface area contributed by atoms with Gasteiger partial charge in [0.25, 0.3) is 5.56 Å². The van der Waals surface area contributed by atoms with Gasteiger partial charge in [0.1, 0.15) is 11.3 Å². The standard InChI is InChI=1S/C24H19FN6O3/c1-2-34-24(33)29-23-27-20-11-14(12-26-21(20)28-23)17-9-13(7-8-18(17)25)10-19-15-5-3-4-6-16(15)22(32)31-30-19/h3-9,11-12H,2,10H2,1H3,(H,31,32)(H2,26,27,28,29,33). The second kappa shape index (κ2) is 8.74. The van der Waals surface area contributed by atoms with E-state index in [2.05, 4.69) is 30.5 Å². The Morgan fingerprint density at radius 3 is 2.79 bits per heavy atom. The van der Waals surface area contributed by atoms with E-state index in [0.717, 1.165) is 10.9 Å². The number of pyridine rings is 1. The van der Waals surface area contributed by atoms with Gasteiger partial charge in [0.05, 0.1) is 17.7 Å². The molecule has 0 atom stereocenters. The van der Waals surface area contributed by atoms with Gasteiger partial charge in [-0.3, -0.25) is 10.1 Å². The number of carbonyl (C=O) groups is 1. The van der Waals surface area contributed by atoms with E-state index in [-0.39, 0.29) is 18.1 Å². The molecule has 0 spiro atoms. The number of nitrogens with zero attached hydrogens (tertiary/aromatic N) is 3. The van der Waals surface area contributed by atoms with Crippen LogP contribution in [0, 0.1) is 5.82 Å². The fraction of sp³-hybridized carbons (Fsp3) is 0.125. The number of H-pyrrole nitrogens is 2. The molecule has 0 bridgehead atoms. The highest BCUT2D eigenvalue weighted by Gasteiger charge is 2.13. The maximum absolute atomic E-state index is 14.8. The third-order valence-corrected chi connectivity index (χ3v) is 5.32. The molecule has 10 heteroatoms. The fourth-order valence-corrected chi connectivity index (χ4v) is 3.77. The van der Waals surface area contributed by atoms with Crippen LogP contribution in [0.15, 0.2) is 59.5 Å². The van der Waals surface area contributed by atoms with Crippen LogP contribution in [0.2, 0.25) is 0 Å². The first-order valence-corrected chi connectivity index (χ1v) is 10.6. The van der Waals surface area contributed by atoms with Crippen molar-refractivity contribution >= 4 is 34.0 Å². The van der Waals surface area contributed by atoms with Gasteiger partial charge in [-0.15, -0.1) is 0 Å². The summed E-state index contributed by atoms with van der Waals surface area (Å²) in [5, 5.41) is 10.5. The number of aromatic amines is 2. The zero-order valence-corrected chi connectivity index (χ0v) is 18.1. The molecule has 0 aliphatic carbocycles. The number of carbonyl (C=O) groups excluding carboxylic acids is 1. The van der Waals surface area contributed by atoms with E-state index in [1.807, 2.05) is 12.1 Å². The average Bonchev–Trinajstić information content (AvgIpc) is 3.23. The highest BCUT2D eigenvalue weighted by atomic mass is 19.1. The van der Waals surface area contributed by atoms with Gasteiger partial charge in [-0.2, -0.15) is 5.10 Å². The fourth-order valence-electron chi connectivity index (χ4n) is 3.77. The molecular formula is C24H19FN6O3. The molecule has 34 heavy (non-hydrogen) atoms. The highest BCUT2D eigenvalue weighted by Crippen LogP contribution is 2.27. The summed E-state index contributed by atoms with van der Waals surface area (Å²) in [4.78, 5) is 35.2. The smallest absolute Gasteiger partial charge is 0.413 e. The number of nitrogens with one attached hydrogen (secondary N) is 3. The van der Waals surface area contributed by atoms with Gasteiger partial charge in [0, 0.05) is 29.1 Å². The summed E-state index contributed by atoms with van der Waals surface area (Å²) in [5.41, 5.74) is 3.02. The number of hydrogen-bond donors (Lipinski definition) is 3. The predicted octanol–water partition coefficient (Wildman–Crippen LogP) is 4.16. The van der Waals surface area contributed by atoms with Crippen LogP contribution in [0.4, 0.5) is 15.1 Å². The Kier molecular flexibility index (Phi) is 5.46. The zero-order chi connectivity index (χ0) is 23.7. The van der Waals surface area contributed by atoms with Gasteiger partial charge in [-0.05, 0) is 36.8 Å². The maximum Gasteiger partial charge on any atom is 0.413 e. The Bertz CT molecular complexity index is 1590. The Morgan fingerprint density at radius 2 is 1.97 bits per heavy atom. The summed E-state index contributed by atoms with van der Waals surface area (Å²) in [6.07, 6.45) is 1.30. The van der Waals surface area contributed by atoms with Crippen molar-refractivity contribution in [1.29, 1.82) is 0 Å². The molecule has 0 saturated carbocycles. The predicted molar refractivity (Wildman–Crippen MR) is 125 cm³/mol. The van der Waals surface area contributed by atoms with E-state index in [0.29, 0.717) is 39.8 Å². The first kappa shape index (κ1) is 21.3. The highest BCUT2D eigenvalue weighted by molar-refractivity contribution is 5.86. The number of ether oxygens (including phenoxy) is 1. The van der Waals surface area contributed by atoms with Gasteiger partial charge in [-0.1, -0.05) is 24.3 Å². The van der Waals surface area contributed by atoms with Crippen LogP contribution in [-0.2, 0) is 11.2 Å². The monoisotopic (exact) mass is 458 g/mol. The van der Waals surface area contributed by atoms with Gasteiger partial charge < -0.3 is 9.72 Å². The van der Waals surface area contributed by atoms with E-state index in [4.69, 9.17) is 4.74 Å². The third kappa shape index (κ3) is 4.08. The number of aromatic nitrogens is 5. The number of anilines is 1. The molecule has 0 aliphatic heterocycles. The molecule has 170 valence electrons. The molecule has 2 aromatic carbocycles. The molecule has 1 amide bonds. The minimum Gasteiger partial charge on any atom is -0.450 e. The van der Waals surface area contributed by atoms with Crippen LogP contribution in [0.5, 0.6) is 0 Å². The van der Waals surface area contributed by atoms with Gasteiger partial charge >= 0.3 is 6.09 Å². The van der Waals surface area contributed by atoms with Crippen molar-refractivity contribution in [2.24, 2.45) is 0 Å². The molecule has 3 N–H and O–H groups in total. The van der Waals surface area contributed by atoms with Gasteiger partial charge in [-0.25, -0.2) is 24.3 Å². The van der Waals surface area contributed by atoms with Crippen LogP contribution in [0.3, 0.4) is 0 Å². The Balaban J connectivity index is 1.48. The topological polar surface area (TPSA) is 126 Å². The van der Waals surface area contributed by atoms with Crippen LogP contribution in [-0.4, -0.2) is 37.8 Å². The molecule has 0 saturated heterocycles. The van der Waals surface area contributed by atoms with Crippen molar-refractivity contribution in [3.05, 3.63) is 82.2 Å².